The second kappa shape index (κ2) is 12.3. The highest BCUT2D eigenvalue weighted by molar-refractivity contribution is 14.0. The molecule has 182 valence electrons. The molecule has 0 amide bonds. The van der Waals surface area contributed by atoms with Crippen molar-refractivity contribution in [2.45, 2.75) is 37.8 Å². The van der Waals surface area contributed by atoms with Crippen molar-refractivity contribution >= 4 is 29.9 Å². The van der Waals surface area contributed by atoms with Crippen LogP contribution in [0.5, 0.6) is 23.0 Å². The molecule has 2 aromatic rings. The first-order chi connectivity index (χ1) is 15.4. The lowest BCUT2D eigenvalue weighted by Crippen LogP contribution is -2.42. The molecule has 0 radical (unpaired) electrons. The number of esters is 1. The molecule has 3 rings (SSSR count). The summed E-state index contributed by atoms with van der Waals surface area (Å²) in [6, 6.07) is 10.4. The lowest BCUT2D eigenvalue weighted by molar-refractivity contribution is -0.141. The van der Waals surface area contributed by atoms with Crippen molar-refractivity contribution in [2.75, 3.05) is 42.6 Å². The molecule has 0 N–H and O–H groups in total. The van der Waals surface area contributed by atoms with E-state index in [-0.39, 0.29) is 42.0 Å². The first kappa shape index (κ1) is 27.0. The van der Waals surface area contributed by atoms with Crippen LogP contribution in [0.1, 0.15) is 35.6 Å². The maximum Gasteiger partial charge on any atom is 0.305 e. The quantitative estimate of drug-likeness (QED) is 0.326. The molecule has 33 heavy (non-hydrogen) atoms. The third kappa shape index (κ3) is 6.03. The van der Waals surface area contributed by atoms with Crippen molar-refractivity contribution in [3.8, 4) is 23.0 Å². The van der Waals surface area contributed by atoms with E-state index in [0.717, 1.165) is 24.8 Å². The van der Waals surface area contributed by atoms with E-state index in [0.29, 0.717) is 29.4 Å². The number of rotatable bonds is 9. The summed E-state index contributed by atoms with van der Waals surface area (Å²) in [7, 11) is 10.1. The molecule has 0 aromatic heterocycles. The van der Waals surface area contributed by atoms with Crippen molar-refractivity contribution < 1.29 is 28.5 Å². The Morgan fingerprint density at radius 2 is 1.52 bits per heavy atom. The average molecular weight is 571 g/mol. The van der Waals surface area contributed by atoms with E-state index in [1.165, 1.54) is 18.2 Å². The largest absolute Gasteiger partial charge is 0.493 e. The van der Waals surface area contributed by atoms with Gasteiger partial charge in [-0.15, -0.1) is 24.0 Å². The topological polar surface area (TPSA) is 66.5 Å². The molecule has 2 aromatic carbocycles. The Morgan fingerprint density at radius 1 is 0.909 bits per heavy atom. The SMILES string of the molecule is COC(=O)CCC1Cc2cc(OC)c(OC)cc2[C@@H](Cc2ccc(OC)c(OC)c2)N1C.I. The van der Waals surface area contributed by atoms with Gasteiger partial charge in [-0.1, -0.05) is 6.07 Å². The molecule has 0 bridgehead atoms. The van der Waals surface area contributed by atoms with E-state index in [4.69, 9.17) is 23.7 Å². The van der Waals surface area contributed by atoms with Crippen molar-refractivity contribution in [3.63, 3.8) is 0 Å². The molecular formula is C25H34INO6. The van der Waals surface area contributed by atoms with Crippen LogP contribution in [0.25, 0.3) is 0 Å². The van der Waals surface area contributed by atoms with Gasteiger partial charge in [0.15, 0.2) is 23.0 Å². The predicted octanol–water partition coefficient (Wildman–Crippen LogP) is 4.43. The Bertz CT molecular complexity index is 951. The fourth-order valence-electron chi connectivity index (χ4n) is 4.47. The van der Waals surface area contributed by atoms with Crippen LogP contribution in [-0.2, 0) is 22.4 Å². The molecule has 7 nitrogen and oxygen atoms in total. The number of ether oxygens (including phenoxy) is 5. The highest BCUT2D eigenvalue weighted by Gasteiger charge is 2.33. The van der Waals surface area contributed by atoms with Crippen LogP contribution in [-0.4, -0.2) is 59.5 Å². The maximum atomic E-state index is 11.8. The van der Waals surface area contributed by atoms with Crippen molar-refractivity contribution in [1.29, 1.82) is 0 Å². The molecule has 1 aliphatic rings. The van der Waals surface area contributed by atoms with Gasteiger partial charge >= 0.3 is 5.97 Å². The molecule has 1 heterocycles. The molecule has 0 fully saturated rings. The minimum Gasteiger partial charge on any atom is -0.493 e. The summed E-state index contributed by atoms with van der Waals surface area (Å²) in [5, 5.41) is 0. The lowest BCUT2D eigenvalue weighted by atomic mass is 9.84. The summed E-state index contributed by atoms with van der Waals surface area (Å²) in [4.78, 5) is 14.1. The van der Waals surface area contributed by atoms with Crippen molar-refractivity contribution in [1.82, 2.24) is 4.90 Å². The van der Waals surface area contributed by atoms with Gasteiger partial charge in [0, 0.05) is 18.5 Å². The van der Waals surface area contributed by atoms with E-state index in [2.05, 4.69) is 30.1 Å². The summed E-state index contributed by atoms with van der Waals surface area (Å²) in [6.07, 6.45) is 2.70. The third-order valence-corrected chi connectivity index (χ3v) is 6.31. The Balaban J connectivity index is 0.00000385. The first-order valence-electron chi connectivity index (χ1n) is 10.7. The molecular weight excluding hydrogens is 537 g/mol. The van der Waals surface area contributed by atoms with E-state index < -0.39 is 0 Å². The fraction of sp³-hybridized carbons (Fsp3) is 0.480. The number of halogens is 1. The van der Waals surface area contributed by atoms with Gasteiger partial charge in [-0.05, 0) is 67.3 Å². The number of carbonyl (C=O) groups excluding carboxylic acids is 1. The van der Waals surface area contributed by atoms with E-state index >= 15 is 0 Å². The van der Waals surface area contributed by atoms with Crippen LogP contribution in [0.2, 0.25) is 0 Å². The predicted molar refractivity (Wildman–Crippen MR) is 137 cm³/mol. The summed E-state index contributed by atoms with van der Waals surface area (Å²) >= 11 is 0. The highest BCUT2D eigenvalue weighted by atomic mass is 127. The van der Waals surface area contributed by atoms with E-state index in [1.807, 2.05) is 12.1 Å². The van der Waals surface area contributed by atoms with Crippen LogP contribution < -0.4 is 18.9 Å². The minimum atomic E-state index is -0.187. The first-order valence-corrected chi connectivity index (χ1v) is 10.7. The number of carbonyl (C=O) groups is 1. The molecule has 8 heteroatoms. The molecule has 1 aliphatic heterocycles. The summed E-state index contributed by atoms with van der Waals surface area (Å²) in [5.41, 5.74) is 3.55. The molecule has 0 aliphatic carbocycles. The van der Waals surface area contributed by atoms with Crippen LogP contribution >= 0.6 is 24.0 Å². The van der Waals surface area contributed by atoms with Crippen LogP contribution in [0, 0.1) is 0 Å². The average Bonchev–Trinajstić information content (AvgIpc) is 2.83. The van der Waals surface area contributed by atoms with Crippen LogP contribution in [0.4, 0.5) is 0 Å². The fourth-order valence-corrected chi connectivity index (χ4v) is 4.47. The number of methoxy groups -OCH3 is 5. The normalized spacial score (nSPS) is 17.4. The van der Waals surface area contributed by atoms with Gasteiger partial charge in [-0.2, -0.15) is 0 Å². The van der Waals surface area contributed by atoms with Gasteiger partial charge in [0.2, 0.25) is 0 Å². The molecule has 0 spiro atoms. The number of fused-ring (bicyclic) bond motifs is 1. The van der Waals surface area contributed by atoms with Crippen molar-refractivity contribution in [2.24, 2.45) is 0 Å². The Morgan fingerprint density at radius 3 is 2.12 bits per heavy atom. The standard InChI is InChI=1S/C25H33NO6.HI/c1-26-18(8-10-25(27)32-6)13-17-14-23(30-4)24(31-5)15-19(17)20(26)11-16-7-9-21(28-2)22(12-16)29-3;/h7,9,12,14-15,18,20H,8,10-11,13H2,1-6H3;1H/t18?,20-;/m1./s1. The number of hydrogen-bond acceptors (Lipinski definition) is 7. The third-order valence-electron chi connectivity index (χ3n) is 6.31. The van der Waals surface area contributed by atoms with Crippen LogP contribution in [0.3, 0.4) is 0 Å². The van der Waals surface area contributed by atoms with E-state index in [9.17, 15) is 4.79 Å². The van der Waals surface area contributed by atoms with E-state index in [1.54, 1.807) is 28.4 Å². The number of likely N-dealkylation sites (N-methyl/N-ethyl adjacent to an activating group) is 1. The molecule has 0 saturated carbocycles. The van der Waals surface area contributed by atoms with Gasteiger partial charge in [0.1, 0.15) is 0 Å². The maximum absolute atomic E-state index is 11.8. The van der Waals surface area contributed by atoms with Gasteiger partial charge in [-0.25, -0.2) is 0 Å². The van der Waals surface area contributed by atoms with Gasteiger partial charge in [-0.3, -0.25) is 9.69 Å². The van der Waals surface area contributed by atoms with Gasteiger partial charge < -0.3 is 23.7 Å². The Kier molecular flexibility index (Phi) is 10.1. The number of benzene rings is 2. The second-order valence-corrected chi connectivity index (χ2v) is 7.95. The minimum absolute atomic E-state index is 0. The monoisotopic (exact) mass is 571 g/mol. The van der Waals surface area contributed by atoms with Crippen molar-refractivity contribution in [3.05, 3.63) is 47.0 Å². The number of hydrogen-bond donors (Lipinski definition) is 0. The molecule has 1 unspecified atom stereocenters. The number of nitrogens with zero attached hydrogens (tertiary/aromatic N) is 1. The summed E-state index contributed by atoms with van der Waals surface area (Å²) in [5.74, 6) is 2.65. The summed E-state index contributed by atoms with van der Waals surface area (Å²) < 4.78 is 26.9. The zero-order valence-corrected chi connectivity index (χ0v) is 22.5. The lowest BCUT2D eigenvalue weighted by Gasteiger charge is -2.41. The summed E-state index contributed by atoms with van der Waals surface area (Å²) in [6.45, 7) is 0. The zero-order chi connectivity index (χ0) is 23.3. The second-order valence-electron chi connectivity index (χ2n) is 7.95. The smallest absolute Gasteiger partial charge is 0.305 e. The van der Waals surface area contributed by atoms with Gasteiger partial charge in [0.05, 0.1) is 35.5 Å². The molecule has 2 atom stereocenters. The Labute approximate surface area is 213 Å². The molecule has 0 saturated heterocycles. The van der Waals surface area contributed by atoms with Gasteiger partial charge in [0.25, 0.3) is 0 Å². The Hall–Kier alpha value is -2.20. The van der Waals surface area contributed by atoms with Crippen LogP contribution in [0.15, 0.2) is 30.3 Å². The highest BCUT2D eigenvalue weighted by Crippen LogP contribution is 2.42. The zero-order valence-electron chi connectivity index (χ0n) is 20.2.